The van der Waals surface area contributed by atoms with E-state index in [4.69, 9.17) is 0 Å². The van der Waals surface area contributed by atoms with Crippen LogP contribution in [0.5, 0.6) is 0 Å². The molecule has 3 heteroatoms. The standard InChI is InChI=1S/C19H15NO2/c1-3-14-8-7-11-16(13(14)2)17-12-18(21)20(19(17)22)15-9-5-4-6-10-15/h3-12H,1H2,2H3. The summed E-state index contributed by atoms with van der Waals surface area (Å²) < 4.78 is 0. The first kappa shape index (κ1) is 14.0. The lowest BCUT2D eigenvalue weighted by molar-refractivity contribution is -0.119. The van der Waals surface area contributed by atoms with Crippen LogP contribution in [0.3, 0.4) is 0 Å². The van der Waals surface area contributed by atoms with Crippen molar-refractivity contribution < 1.29 is 9.59 Å². The van der Waals surface area contributed by atoms with E-state index in [9.17, 15) is 9.59 Å². The lowest BCUT2D eigenvalue weighted by Gasteiger charge is -2.15. The fourth-order valence-electron chi connectivity index (χ4n) is 2.65. The third-order valence-electron chi connectivity index (χ3n) is 3.82. The second-order valence-corrected chi connectivity index (χ2v) is 5.10. The highest BCUT2D eigenvalue weighted by molar-refractivity contribution is 6.43. The van der Waals surface area contributed by atoms with Gasteiger partial charge in [0.1, 0.15) is 0 Å². The molecule has 1 aliphatic rings. The number of hydrogen-bond donors (Lipinski definition) is 0. The number of benzene rings is 2. The van der Waals surface area contributed by atoms with Crippen molar-refractivity contribution in [1.29, 1.82) is 0 Å². The predicted octanol–water partition coefficient (Wildman–Crippen LogP) is 3.59. The Morgan fingerprint density at radius 2 is 1.73 bits per heavy atom. The SMILES string of the molecule is C=Cc1cccc(C2=CC(=O)N(c3ccccc3)C2=O)c1C. The molecule has 22 heavy (non-hydrogen) atoms. The van der Waals surface area contributed by atoms with E-state index in [0.29, 0.717) is 11.3 Å². The van der Waals surface area contributed by atoms with Gasteiger partial charge in [0, 0.05) is 6.08 Å². The van der Waals surface area contributed by atoms with Gasteiger partial charge in [0.15, 0.2) is 0 Å². The smallest absolute Gasteiger partial charge is 0.266 e. The van der Waals surface area contributed by atoms with Gasteiger partial charge in [-0.05, 0) is 35.7 Å². The molecule has 0 spiro atoms. The lowest BCUT2D eigenvalue weighted by atomic mass is 9.96. The van der Waals surface area contributed by atoms with E-state index < -0.39 is 0 Å². The largest absolute Gasteiger partial charge is 0.269 e. The van der Waals surface area contributed by atoms with Gasteiger partial charge < -0.3 is 0 Å². The first-order chi connectivity index (χ1) is 10.6. The molecular weight excluding hydrogens is 274 g/mol. The molecular formula is C19H15NO2. The first-order valence-corrected chi connectivity index (χ1v) is 7.01. The van der Waals surface area contributed by atoms with Crippen molar-refractivity contribution in [2.75, 3.05) is 4.90 Å². The van der Waals surface area contributed by atoms with Crippen LogP contribution in [0.2, 0.25) is 0 Å². The van der Waals surface area contributed by atoms with Gasteiger partial charge >= 0.3 is 0 Å². The quantitative estimate of drug-likeness (QED) is 0.810. The Hall–Kier alpha value is -2.94. The highest BCUT2D eigenvalue weighted by Gasteiger charge is 2.33. The van der Waals surface area contributed by atoms with E-state index >= 15 is 0 Å². The number of hydrogen-bond acceptors (Lipinski definition) is 2. The molecule has 0 unspecified atom stereocenters. The van der Waals surface area contributed by atoms with E-state index in [0.717, 1.165) is 16.7 Å². The summed E-state index contributed by atoms with van der Waals surface area (Å²) >= 11 is 0. The maximum absolute atomic E-state index is 12.7. The van der Waals surface area contributed by atoms with Crippen molar-refractivity contribution in [3.8, 4) is 0 Å². The number of rotatable bonds is 3. The molecule has 3 rings (SSSR count). The summed E-state index contributed by atoms with van der Waals surface area (Å²) in [7, 11) is 0. The summed E-state index contributed by atoms with van der Waals surface area (Å²) in [6.07, 6.45) is 3.15. The number of amides is 2. The number of carbonyl (C=O) groups is 2. The molecule has 2 amide bonds. The maximum atomic E-state index is 12.7. The van der Waals surface area contributed by atoms with Crippen LogP contribution in [0.1, 0.15) is 16.7 Å². The minimum absolute atomic E-state index is 0.291. The first-order valence-electron chi connectivity index (χ1n) is 7.01. The Bertz CT molecular complexity index is 803. The fourth-order valence-corrected chi connectivity index (χ4v) is 2.65. The Morgan fingerprint density at radius 1 is 1.00 bits per heavy atom. The van der Waals surface area contributed by atoms with Crippen LogP contribution in [0.4, 0.5) is 5.69 Å². The Labute approximate surface area is 129 Å². The molecule has 0 aliphatic carbocycles. The van der Waals surface area contributed by atoms with E-state index in [1.54, 1.807) is 30.3 Å². The van der Waals surface area contributed by atoms with Gasteiger partial charge in [0.25, 0.3) is 11.8 Å². The topological polar surface area (TPSA) is 37.4 Å². The molecule has 0 saturated heterocycles. The second-order valence-electron chi connectivity index (χ2n) is 5.10. The zero-order chi connectivity index (χ0) is 15.7. The molecule has 2 aromatic carbocycles. The molecule has 1 heterocycles. The molecule has 108 valence electrons. The van der Waals surface area contributed by atoms with Gasteiger partial charge in [-0.2, -0.15) is 0 Å². The summed E-state index contributed by atoms with van der Waals surface area (Å²) in [5.41, 5.74) is 3.68. The van der Waals surface area contributed by atoms with Crippen LogP contribution in [0.15, 0.2) is 61.2 Å². The molecule has 0 saturated carbocycles. The van der Waals surface area contributed by atoms with Gasteiger partial charge in [0.2, 0.25) is 0 Å². The summed E-state index contributed by atoms with van der Waals surface area (Å²) in [5.74, 6) is -0.602. The zero-order valence-corrected chi connectivity index (χ0v) is 12.2. The van der Waals surface area contributed by atoms with Crippen molar-refractivity contribution in [3.05, 3.63) is 77.9 Å². The van der Waals surface area contributed by atoms with Crippen LogP contribution in [-0.2, 0) is 9.59 Å². The van der Waals surface area contributed by atoms with E-state index in [-0.39, 0.29) is 11.8 Å². The minimum Gasteiger partial charge on any atom is -0.269 e. The summed E-state index contributed by atoms with van der Waals surface area (Å²) in [6.45, 7) is 5.70. The highest BCUT2D eigenvalue weighted by atomic mass is 16.2. The third kappa shape index (κ3) is 2.17. The van der Waals surface area contributed by atoms with Crippen LogP contribution in [-0.4, -0.2) is 11.8 Å². The highest BCUT2D eigenvalue weighted by Crippen LogP contribution is 2.30. The van der Waals surface area contributed by atoms with Crippen LogP contribution < -0.4 is 4.90 Å². The number of imide groups is 1. The second kappa shape index (κ2) is 5.45. The van der Waals surface area contributed by atoms with Crippen molar-refractivity contribution in [3.63, 3.8) is 0 Å². The molecule has 1 aliphatic heterocycles. The van der Waals surface area contributed by atoms with Gasteiger partial charge in [-0.25, -0.2) is 4.90 Å². The molecule has 0 fully saturated rings. The fraction of sp³-hybridized carbons (Fsp3) is 0.0526. The van der Waals surface area contributed by atoms with Crippen LogP contribution in [0.25, 0.3) is 11.6 Å². The minimum atomic E-state index is -0.311. The Balaban J connectivity index is 2.05. The zero-order valence-electron chi connectivity index (χ0n) is 12.2. The van der Waals surface area contributed by atoms with Gasteiger partial charge in [-0.15, -0.1) is 0 Å². The summed E-state index contributed by atoms with van der Waals surface area (Å²) in [5, 5.41) is 0. The van der Waals surface area contributed by atoms with Gasteiger partial charge in [-0.3, -0.25) is 9.59 Å². The number of para-hydroxylation sites is 1. The molecule has 0 radical (unpaired) electrons. The van der Waals surface area contributed by atoms with Gasteiger partial charge in [-0.1, -0.05) is 49.1 Å². The van der Waals surface area contributed by atoms with Crippen molar-refractivity contribution >= 4 is 29.2 Å². The van der Waals surface area contributed by atoms with E-state index in [2.05, 4.69) is 6.58 Å². The Kier molecular flexibility index (Phi) is 3.47. The molecule has 3 nitrogen and oxygen atoms in total. The van der Waals surface area contributed by atoms with Crippen molar-refractivity contribution in [1.82, 2.24) is 0 Å². The lowest BCUT2D eigenvalue weighted by Crippen LogP contribution is -2.30. The number of carbonyl (C=O) groups excluding carboxylic acids is 2. The van der Waals surface area contributed by atoms with Gasteiger partial charge in [0.05, 0.1) is 11.3 Å². The molecule has 0 aromatic heterocycles. The van der Waals surface area contributed by atoms with Crippen molar-refractivity contribution in [2.45, 2.75) is 6.92 Å². The molecule has 2 aromatic rings. The average molecular weight is 289 g/mol. The predicted molar refractivity (Wildman–Crippen MR) is 88.2 cm³/mol. The normalized spacial score (nSPS) is 14.2. The monoisotopic (exact) mass is 289 g/mol. The van der Waals surface area contributed by atoms with Crippen LogP contribution in [0, 0.1) is 6.92 Å². The van der Waals surface area contributed by atoms with E-state index in [1.165, 1.54) is 11.0 Å². The van der Waals surface area contributed by atoms with Crippen LogP contribution >= 0.6 is 0 Å². The molecule has 0 N–H and O–H groups in total. The Morgan fingerprint density at radius 3 is 2.41 bits per heavy atom. The molecule has 0 atom stereocenters. The van der Waals surface area contributed by atoms with E-state index in [1.807, 2.05) is 31.2 Å². The maximum Gasteiger partial charge on any atom is 0.266 e. The average Bonchev–Trinajstić information content (AvgIpc) is 2.83. The number of anilines is 1. The number of nitrogens with zero attached hydrogens (tertiary/aromatic N) is 1. The van der Waals surface area contributed by atoms with Crippen molar-refractivity contribution in [2.24, 2.45) is 0 Å². The summed E-state index contributed by atoms with van der Waals surface area (Å²) in [4.78, 5) is 26.1. The summed E-state index contributed by atoms with van der Waals surface area (Å²) in [6, 6.07) is 14.6. The molecule has 0 bridgehead atoms. The third-order valence-corrected chi connectivity index (χ3v) is 3.82.